The zero-order valence-electron chi connectivity index (χ0n) is 15.2. The third kappa shape index (κ3) is 9.55. The molecule has 1 aliphatic heterocycles. The average Bonchev–Trinajstić information content (AvgIpc) is 2.55. The molecule has 1 heterocycles. The maximum Gasteiger partial charge on any atom is 0.222 e. The number of amides is 1. The van der Waals surface area contributed by atoms with Gasteiger partial charge in [0.2, 0.25) is 5.91 Å². The van der Waals surface area contributed by atoms with E-state index >= 15 is 0 Å². The van der Waals surface area contributed by atoms with Crippen LogP contribution in [0.3, 0.4) is 0 Å². The van der Waals surface area contributed by atoms with Crippen molar-refractivity contribution < 1.29 is 14.3 Å². The molecule has 1 N–H and O–H groups in total. The van der Waals surface area contributed by atoms with Gasteiger partial charge in [-0.15, -0.1) is 0 Å². The lowest BCUT2D eigenvalue weighted by Crippen LogP contribution is -2.48. The molecule has 0 aromatic rings. The van der Waals surface area contributed by atoms with E-state index in [1.807, 2.05) is 25.6 Å². The Morgan fingerprint density at radius 1 is 1.39 bits per heavy atom. The minimum Gasteiger partial charge on any atom is -0.380 e. The van der Waals surface area contributed by atoms with Crippen molar-refractivity contribution >= 4 is 17.7 Å². The van der Waals surface area contributed by atoms with Crippen LogP contribution in [0.15, 0.2) is 0 Å². The van der Waals surface area contributed by atoms with Crippen molar-refractivity contribution in [3.05, 3.63) is 0 Å². The maximum atomic E-state index is 11.6. The van der Waals surface area contributed by atoms with Crippen LogP contribution >= 0.6 is 11.8 Å². The van der Waals surface area contributed by atoms with Crippen molar-refractivity contribution in [1.82, 2.24) is 10.2 Å². The second-order valence-electron chi connectivity index (χ2n) is 6.49. The van der Waals surface area contributed by atoms with Crippen LogP contribution in [0.25, 0.3) is 0 Å². The molecule has 0 aromatic carbocycles. The van der Waals surface area contributed by atoms with Crippen molar-refractivity contribution in [2.45, 2.75) is 45.0 Å². The first-order valence-electron chi connectivity index (χ1n) is 8.75. The first kappa shape index (κ1) is 20.7. The highest BCUT2D eigenvalue weighted by atomic mass is 32.2. The van der Waals surface area contributed by atoms with Crippen LogP contribution < -0.4 is 5.32 Å². The van der Waals surface area contributed by atoms with Gasteiger partial charge in [0.25, 0.3) is 0 Å². The van der Waals surface area contributed by atoms with Crippen molar-refractivity contribution in [2.24, 2.45) is 5.92 Å². The third-order valence-electron chi connectivity index (χ3n) is 4.10. The van der Waals surface area contributed by atoms with Crippen molar-refractivity contribution in [2.75, 3.05) is 52.3 Å². The first-order valence-corrected chi connectivity index (χ1v) is 10.0. The van der Waals surface area contributed by atoms with Gasteiger partial charge in [-0.3, -0.25) is 9.69 Å². The second kappa shape index (κ2) is 12.1. The predicted octanol–water partition coefficient (Wildman–Crippen LogP) is 2.01. The fourth-order valence-corrected chi connectivity index (χ4v) is 2.81. The molecule has 1 fully saturated rings. The Morgan fingerprint density at radius 2 is 2.17 bits per heavy atom. The fourth-order valence-electron chi connectivity index (χ4n) is 2.41. The largest absolute Gasteiger partial charge is 0.380 e. The molecule has 5 nitrogen and oxygen atoms in total. The van der Waals surface area contributed by atoms with Gasteiger partial charge in [0.05, 0.1) is 19.3 Å². The number of hydrogen-bond donors (Lipinski definition) is 1. The molecule has 0 aliphatic carbocycles. The lowest BCUT2D eigenvalue weighted by Gasteiger charge is -2.33. The van der Waals surface area contributed by atoms with Crippen LogP contribution in [-0.2, 0) is 14.3 Å². The molecule has 136 valence electrons. The molecular weight excluding hydrogens is 312 g/mol. The zero-order valence-corrected chi connectivity index (χ0v) is 16.0. The Labute approximate surface area is 145 Å². The number of ether oxygens (including phenoxy) is 2. The highest BCUT2D eigenvalue weighted by Crippen LogP contribution is 2.11. The topological polar surface area (TPSA) is 50.8 Å². The molecule has 1 saturated heterocycles. The highest BCUT2D eigenvalue weighted by Gasteiger charge is 2.21. The Balaban J connectivity index is 2.07. The Hall–Kier alpha value is -0.300. The van der Waals surface area contributed by atoms with Crippen LogP contribution in [0, 0.1) is 5.92 Å². The van der Waals surface area contributed by atoms with Crippen molar-refractivity contribution in [3.63, 3.8) is 0 Å². The van der Waals surface area contributed by atoms with Crippen molar-refractivity contribution in [1.29, 1.82) is 0 Å². The number of morpholine rings is 1. The fraction of sp³-hybridized carbons (Fsp3) is 0.941. The van der Waals surface area contributed by atoms with Crippen LogP contribution in [0.5, 0.6) is 0 Å². The van der Waals surface area contributed by atoms with E-state index in [2.05, 4.69) is 23.4 Å². The molecule has 0 spiro atoms. The maximum absolute atomic E-state index is 11.6. The predicted molar refractivity (Wildman–Crippen MR) is 97.1 cm³/mol. The van der Waals surface area contributed by atoms with Crippen molar-refractivity contribution in [3.8, 4) is 0 Å². The number of nitrogens with one attached hydrogen (secondary N) is 1. The van der Waals surface area contributed by atoms with Gasteiger partial charge in [-0.2, -0.15) is 11.8 Å². The number of rotatable bonds is 11. The number of hydrogen-bond acceptors (Lipinski definition) is 5. The Morgan fingerprint density at radius 3 is 2.87 bits per heavy atom. The van der Waals surface area contributed by atoms with Crippen LogP contribution in [0.4, 0.5) is 0 Å². The van der Waals surface area contributed by atoms with E-state index in [9.17, 15) is 4.79 Å². The standard InChI is InChI=1S/C17H34N2O3S/c1-14(2)17(20)18-12-16-13-19(8-11-22-16)7-10-21-9-5-6-15(3)23-4/h14-16H,5-13H2,1-4H3,(H,18,20)/t15?,16-/m1/s1. The molecule has 0 aromatic heterocycles. The summed E-state index contributed by atoms with van der Waals surface area (Å²) in [6.45, 7) is 11.8. The van der Waals surface area contributed by atoms with E-state index < -0.39 is 0 Å². The van der Waals surface area contributed by atoms with E-state index in [4.69, 9.17) is 9.47 Å². The SMILES string of the molecule is CSC(C)CCCOCCN1CCO[C@H](CNC(=O)C(C)C)C1. The lowest BCUT2D eigenvalue weighted by atomic mass is 10.2. The van der Waals surface area contributed by atoms with Gasteiger partial charge >= 0.3 is 0 Å². The molecule has 1 amide bonds. The quantitative estimate of drug-likeness (QED) is 0.580. The van der Waals surface area contributed by atoms with Crippen LogP contribution in [0.2, 0.25) is 0 Å². The Kier molecular flexibility index (Phi) is 10.9. The molecule has 0 saturated carbocycles. The van der Waals surface area contributed by atoms with Crippen LogP contribution in [0.1, 0.15) is 33.6 Å². The second-order valence-corrected chi connectivity index (χ2v) is 7.77. The normalized spacial score (nSPS) is 20.7. The summed E-state index contributed by atoms with van der Waals surface area (Å²) in [5.41, 5.74) is 0. The summed E-state index contributed by atoms with van der Waals surface area (Å²) in [6.07, 6.45) is 4.60. The van der Waals surface area contributed by atoms with E-state index in [-0.39, 0.29) is 17.9 Å². The highest BCUT2D eigenvalue weighted by molar-refractivity contribution is 7.99. The smallest absolute Gasteiger partial charge is 0.222 e. The van der Waals surface area contributed by atoms with Gasteiger partial charge in [0, 0.05) is 44.0 Å². The number of carbonyl (C=O) groups excluding carboxylic acids is 1. The minimum absolute atomic E-state index is 0.0249. The summed E-state index contributed by atoms with van der Waals surface area (Å²) in [5, 5.41) is 3.67. The van der Waals surface area contributed by atoms with Crippen LogP contribution in [-0.4, -0.2) is 74.4 Å². The summed E-state index contributed by atoms with van der Waals surface area (Å²) in [4.78, 5) is 14.0. The van der Waals surface area contributed by atoms with Gasteiger partial charge in [-0.1, -0.05) is 20.8 Å². The van der Waals surface area contributed by atoms with Gasteiger partial charge in [0.1, 0.15) is 0 Å². The van der Waals surface area contributed by atoms with E-state index in [1.165, 1.54) is 6.42 Å². The van der Waals surface area contributed by atoms with Gasteiger partial charge in [0.15, 0.2) is 0 Å². The minimum atomic E-state index is 0.0249. The monoisotopic (exact) mass is 346 g/mol. The average molecular weight is 347 g/mol. The molecular formula is C17H34N2O3S. The van der Waals surface area contributed by atoms with E-state index in [0.717, 1.165) is 51.1 Å². The summed E-state index contributed by atoms with van der Waals surface area (Å²) >= 11 is 1.91. The molecule has 0 bridgehead atoms. The van der Waals surface area contributed by atoms with Gasteiger partial charge in [-0.25, -0.2) is 0 Å². The molecule has 23 heavy (non-hydrogen) atoms. The summed E-state index contributed by atoms with van der Waals surface area (Å²) in [5.74, 6) is 0.116. The first-order chi connectivity index (χ1) is 11.0. The molecule has 1 unspecified atom stereocenters. The third-order valence-corrected chi connectivity index (χ3v) is 5.15. The number of carbonyl (C=O) groups is 1. The molecule has 2 atom stereocenters. The summed E-state index contributed by atoms with van der Waals surface area (Å²) < 4.78 is 11.5. The van der Waals surface area contributed by atoms with Gasteiger partial charge in [-0.05, 0) is 19.1 Å². The number of nitrogens with zero attached hydrogens (tertiary/aromatic N) is 1. The Bertz CT molecular complexity index is 329. The molecule has 0 radical (unpaired) electrons. The zero-order chi connectivity index (χ0) is 17.1. The van der Waals surface area contributed by atoms with Gasteiger partial charge < -0.3 is 14.8 Å². The lowest BCUT2D eigenvalue weighted by molar-refractivity contribution is -0.125. The van der Waals surface area contributed by atoms with E-state index in [1.54, 1.807) is 0 Å². The molecule has 6 heteroatoms. The molecule has 1 aliphatic rings. The summed E-state index contributed by atoms with van der Waals surface area (Å²) in [7, 11) is 0. The summed E-state index contributed by atoms with van der Waals surface area (Å²) in [6, 6.07) is 0. The number of thioether (sulfide) groups is 1. The van der Waals surface area contributed by atoms with E-state index in [0.29, 0.717) is 6.54 Å². The molecule has 1 rings (SSSR count).